The topological polar surface area (TPSA) is 86.3 Å². The van der Waals surface area contributed by atoms with Crippen LogP contribution in [-0.4, -0.2) is 37.3 Å². The van der Waals surface area contributed by atoms with Crippen LogP contribution in [0.5, 0.6) is 5.75 Å². The second kappa shape index (κ2) is 9.58. The van der Waals surface area contributed by atoms with Gasteiger partial charge in [0.1, 0.15) is 11.5 Å². The predicted molar refractivity (Wildman–Crippen MR) is 134 cm³/mol. The zero-order chi connectivity index (χ0) is 24.5. The molecule has 0 N–H and O–H groups in total. The van der Waals surface area contributed by atoms with E-state index in [-0.39, 0.29) is 12.2 Å². The summed E-state index contributed by atoms with van der Waals surface area (Å²) in [5.41, 5.74) is 1.42. The van der Waals surface area contributed by atoms with E-state index in [9.17, 15) is 9.59 Å². The van der Waals surface area contributed by atoms with Gasteiger partial charge in [-0.15, -0.1) is 0 Å². The number of ether oxygens (including phenoxy) is 2. The number of nitrogens with zero attached hydrogens (tertiary/aromatic N) is 3. The zero-order valence-corrected chi connectivity index (χ0v) is 20.8. The lowest BCUT2D eigenvalue weighted by atomic mass is 9.96. The molecule has 0 saturated carbocycles. The van der Waals surface area contributed by atoms with Crippen LogP contribution in [0, 0.1) is 0 Å². The number of fused-ring (bicyclic) bond motifs is 1. The highest BCUT2D eigenvalue weighted by molar-refractivity contribution is 7.07. The van der Waals surface area contributed by atoms with Crippen molar-refractivity contribution in [1.82, 2.24) is 4.57 Å². The Labute approximate surface area is 206 Å². The number of anilines is 1. The first-order chi connectivity index (χ1) is 17.0. The maximum Gasteiger partial charge on any atom is 0.338 e. The van der Waals surface area contributed by atoms with Crippen molar-refractivity contribution >= 4 is 29.3 Å². The van der Waals surface area contributed by atoms with E-state index in [0.717, 1.165) is 37.4 Å². The first-order valence-electron chi connectivity index (χ1n) is 11.7. The van der Waals surface area contributed by atoms with Gasteiger partial charge in [0, 0.05) is 25.2 Å². The van der Waals surface area contributed by atoms with Crippen molar-refractivity contribution in [3.05, 3.63) is 78.7 Å². The van der Waals surface area contributed by atoms with E-state index in [2.05, 4.69) is 9.89 Å². The van der Waals surface area contributed by atoms with Crippen molar-refractivity contribution in [2.75, 3.05) is 31.7 Å². The van der Waals surface area contributed by atoms with Crippen molar-refractivity contribution in [2.24, 2.45) is 4.99 Å². The zero-order valence-electron chi connectivity index (χ0n) is 19.9. The molecule has 5 rings (SSSR count). The van der Waals surface area contributed by atoms with Crippen LogP contribution in [0.3, 0.4) is 0 Å². The second-order valence-corrected chi connectivity index (χ2v) is 9.45. The number of carbonyl (C=O) groups excluding carboxylic acids is 1. The number of methoxy groups -OCH3 is 1. The molecule has 0 radical (unpaired) electrons. The Morgan fingerprint density at radius 1 is 1.20 bits per heavy atom. The molecule has 35 heavy (non-hydrogen) atoms. The fourth-order valence-corrected chi connectivity index (χ4v) is 5.58. The number of hydrogen-bond donors (Lipinski definition) is 0. The second-order valence-electron chi connectivity index (χ2n) is 8.45. The van der Waals surface area contributed by atoms with Gasteiger partial charge in [0.25, 0.3) is 5.56 Å². The SMILES string of the molecule is CCOC(=O)C1=C(C)N=c2s/c(=C/c3ccc(N4CCCC4)o3)c(=O)n2[C@@H]1c1ccc(OC)cc1. The molecule has 9 heteroatoms. The standard InChI is InChI=1S/C26H27N3O5S/c1-4-33-25(31)22-16(2)27-26-29(23(22)17-7-9-18(32-3)10-8-17)24(30)20(35-26)15-19-11-12-21(34-19)28-13-5-6-14-28/h7-12,15,23H,4-6,13-14H2,1-3H3/b20-15+/t23-/m1/s1. The van der Waals surface area contributed by atoms with E-state index in [1.165, 1.54) is 11.3 Å². The van der Waals surface area contributed by atoms with Gasteiger partial charge in [-0.3, -0.25) is 9.36 Å². The van der Waals surface area contributed by atoms with Crippen molar-refractivity contribution < 1.29 is 18.7 Å². The number of benzene rings is 1. The molecule has 0 bridgehead atoms. The third kappa shape index (κ3) is 4.32. The lowest BCUT2D eigenvalue weighted by Gasteiger charge is -2.24. The summed E-state index contributed by atoms with van der Waals surface area (Å²) in [6.45, 7) is 5.72. The molecule has 2 aromatic heterocycles. The molecule has 182 valence electrons. The van der Waals surface area contributed by atoms with Gasteiger partial charge in [-0.1, -0.05) is 23.5 Å². The first-order valence-corrected chi connectivity index (χ1v) is 12.5. The highest BCUT2D eigenvalue weighted by atomic mass is 32.1. The minimum absolute atomic E-state index is 0.229. The normalized spacial score (nSPS) is 18.0. The van der Waals surface area contributed by atoms with Gasteiger partial charge >= 0.3 is 5.97 Å². The quantitative estimate of drug-likeness (QED) is 0.491. The van der Waals surface area contributed by atoms with Crippen molar-refractivity contribution in [3.8, 4) is 5.75 Å². The lowest BCUT2D eigenvalue weighted by molar-refractivity contribution is -0.139. The molecule has 8 nitrogen and oxygen atoms in total. The summed E-state index contributed by atoms with van der Waals surface area (Å²) in [6, 6.07) is 10.5. The third-order valence-electron chi connectivity index (χ3n) is 6.25. The van der Waals surface area contributed by atoms with Gasteiger partial charge < -0.3 is 18.8 Å². The van der Waals surface area contributed by atoms with E-state index in [1.54, 1.807) is 31.6 Å². The van der Waals surface area contributed by atoms with Gasteiger partial charge in [-0.2, -0.15) is 0 Å². The summed E-state index contributed by atoms with van der Waals surface area (Å²) < 4.78 is 18.7. The van der Waals surface area contributed by atoms with Crippen LogP contribution < -0.4 is 24.5 Å². The maximum atomic E-state index is 13.7. The predicted octanol–water partition coefficient (Wildman–Crippen LogP) is 3.00. The van der Waals surface area contributed by atoms with E-state index in [4.69, 9.17) is 13.9 Å². The molecule has 0 amide bonds. The largest absolute Gasteiger partial charge is 0.497 e. The van der Waals surface area contributed by atoms with Crippen molar-refractivity contribution in [3.63, 3.8) is 0 Å². The first kappa shape index (κ1) is 23.2. The molecule has 3 aromatic rings. The fraction of sp³-hybridized carbons (Fsp3) is 0.346. The number of esters is 1. The lowest BCUT2D eigenvalue weighted by Crippen LogP contribution is -2.39. The highest BCUT2D eigenvalue weighted by Gasteiger charge is 2.33. The molecule has 1 atom stereocenters. The van der Waals surface area contributed by atoms with Crippen LogP contribution in [0.4, 0.5) is 5.88 Å². The number of furan rings is 1. The molecule has 0 unspecified atom stereocenters. The van der Waals surface area contributed by atoms with E-state index >= 15 is 0 Å². The molecule has 2 aliphatic rings. The van der Waals surface area contributed by atoms with Gasteiger partial charge in [-0.25, -0.2) is 9.79 Å². The number of allylic oxidation sites excluding steroid dienone is 1. The van der Waals surface area contributed by atoms with Crippen LogP contribution in [0.2, 0.25) is 0 Å². The van der Waals surface area contributed by atoms with Gasteiger partial charge in [0.05, 0.1) is 35.6 Å². The molecular formula is C26H27N3O5S. The van der Waals surface area contributed by atoms with E-state index in [1.807, 2.05) is 36.4 Å². The molecule has 0 aliphatic carbocycles. The fourth-order valence-electron chi connectivity index (χ4n) is 4.55. The minimum atomic E-state index is -0.657. The van der Waals surface area contributed by atoms with Crippen LogP contribution in [-0.2, 0) is 9.53 Å². The smallest absolute Gasteiger partial charge is 0.338 e. The minimum Gasteiger partial charge on any atom is -0.497 e. The Kier molecular flexibility index (Phi) is 6.34. The van der Waals surface area contributed by atoms with Gasteiger partial charge in [0.2, 0.25) is 0 Å². The summed E-state index contributed by atoms with van der Waals surface area (Å²) in [5, 5.41) is 0. The van der Waals surface area contributed by atoms with Crippen LogP contribution in [0.1, 0.15) is 44.1 Å². The Balaban J connectivity index is 1.62. The molecular weight excluding hydrogens is 466 g/mol. The summed E-state index contributed by atoms with van der Waals surface area (Å²) in [6.07, 6.45) is 4.06. The van der Waals surface area contributed by atoms with Gasteiger partial charge in [0.15, 0.2) is 10.7 Å². The Morgan fingerprint density at radius 2 is 1.94 bits per heavy atom. The number of carbonyl (C=O) groups is 1. The van der Waals surface area contributed by atoms with Crippen molar-refractivity contribution in [2.45, 2.75) is 32.7 Å². The molecule has 1 aromatic carbocycles. The molecule has 1 fully saturated rings. The van der Waals surface area contributed by atoms with Crippen LogP contribution in [0.15, 0.2) is 61.9 Å². The molecule has 1 saturated heterocycles. The summed E-state index contributed by atoms with van der Waals surface area (Å²) in [5.74, 6) is 1.63. The Bertz CT molecular complexity index is 1460. The number of aromatic nitrogens is 1. The number of thiazole rings is 1. The molecule has 4 heterocycles. The Morgan fingerprint density at radius 3 is 2.63 bits per heavy atom. The van der Waals surface area contributed by atoms with Gasteiger partial charge in [-0.05, 0) is 50.5 Å². The molecule has 2 aliphatic heterocycles. The monoisotopic (exact) mass is 493 g/mol. The van der Waals surface area contributed by atoms with E-state index < -0.39 is 12.0 Å². The van der Waals surface area contributed by atoms with E-state index in [0.29, 0.717) is 32.1 Å². The van der Waals surface area contributed by atoms with Crippen LogP contribution in [0.25, 0.3) is 6.08 Å². The Hall–Kier alpha value is -3.59. The summed E-state index contributed by atoms with van der Waals surface area (Å²) in [7, 11) is 1.59. The average Bonchev–Trinajstić information content (AvgIpc) is 3.60. The van der Waals surface area contributed by atoms with Crippen molar-refractivity contribution in [1.29, 1.82) is 0 Å². The highest BCUT2D eigenvalue weighted by Crippen LogP contribution is 2.31. The summed E-state index contributed by atoms with van der Waals surface area (Å²) >= 11 is 1.28. The number of hydrogen-bond acceptors (Lipinski definition) is 8. The average molecular weight is 494 g/mol. The molecule has 0 spiro atoms. The van der Waals surface area contributed by atoms with Crippen LogP contribution >= 0.6 is 11.3 Å². The third-order valence-corrected chi connectivity index (χ3v) is 7.24. The maximum absolute atomic E-state index is 13.7. The summed E-state index contributed by atoms with van der Waals surface area (Å²) in [4.78, 5) is 34.0. The number of rotatable bonds is 6.